The van der Waals surface area contributed by atoms with Crippen molar-refractivity contribution in [3.05, 3.63) is 46.6 Å². The first kappa shape index (κ1) is 12.3. The van der Waals surface area contributed by atoms with Gasteiger partial charge in [0.15, 0.2) is 0 Å². The molecule has 0 amide bonds. The minimum absolute atomic E-state index is 0.135. The summed E-state index contributed by atoms with van der Waals surface area (Å²) in [7, 11) is 0. The second-order valence-electron chi connectivity index (χ2n) is 4.01. The van der Waals surface area contributed by atoms with Gasteiger partial charge in [-0.25, -0.2) is 4.39 Å². The van der Waals surface area contributed by atoms with Crippen LogP contribution in [0.1, 0.15) is 17.4 Å². The molecule has 0 aliphatic rings. The predicted molar refractivity (Wildman–Crippen MR) is 71.8 cm³/mol. The third kappa shape index (κ3) is 2.93. The molecule has 2 rings (SSSR count). The van der Waals surface area contributed by atoms with Gasteiger partial charge in [-0.15, -0.1) is 11.3 Å². The Hall–Kier alpha value is -1.19. The number of benzene rings is 1. The van der Waals surface area contributed by atoms with Crippen molar-refractivity contribution in [1.82, 2.24) is 5.32 Å². The topological polar surface area (TPSA) is 12.0 Å². The van der Waals surface area contributed by atoms with Crippen LogP contribution in [0.4, 0.5) is 4.39 Å². The zero-order valence-electron chi connectivity index (χ0n) is 10.1. The first-order valence-electron chi connectivity index (χ1n) is 5.76. The van der Waals surface area contributed by atoms with E-state index in [0.717, 1.165) is 23.5 Å². The normalized spacial score (nSPS) is 10.8. The molecule has 0 atom stereocenters. The average molecular weight is 249 g/mol. The molecule has 0 aliphatic carbocycles. The summed E-state index contributed by atoms with van der Waals surface area (Å²) in [5.74, 6) is -0.135. The maximum absolute atomic E-state index is 13.5. The molecule has 0 bridgehead atoms. The summed E-state index contributed by atoms with van der Waals surface area (Å²) in [6.45, 7) is 5.72. The van der Waals surface area contributed by atoms with E-state index < -0.39 is 0 Å². The number of halogens is 1. The fraction of sp³-hybridized carbons (Fsp3) is 0.286. The lowest BCUT2D eigenvalue weighted by Gasteiger charge is -2.00. The monoisotopic (exact) mass is 249 g/mol. The van der Waals surface area contributed by atoms with Crippen LogP contribution >= 0.6 is 11.3 Å². The summed E-state index contributed by atoms with van der Waals surface area (Å²) >= 11 is 1.71. The predicted octanol–water partition coefficient (Wildman–Crippen LogP) is 3.97. The van der Waals surface area contributed by atoms with Gasteiger partial charge >= 0.3 is 0 Å². The van der Waals surface area contributed by atoms with Gasteiger partial charge in [-0.3, -0.25) is 0 Å². The third-order valence-electron chi connectivity index (χ3n) is 2.67. The molecule has 1 aromatic heterocycles. The van der Waals surface area contributed by atoms with Gasteiger partial charge in [-0.1, -0.05) is 19.1 Å². The molecule has 90 valence electrons. The van der Waals surface area contributed by atoms with E-state index in [0.29, 0.717) is 5.56 Å². The molecule has 1 N–H and O–H groups in total. The van der Waals surface area contributed by atoms with Crippen LogP contribution in [-0.4, -0.2) is 6.54 Å². The van der Waals surface area contributed by atoms with Crippen LogP contribution in [0, 0.1) is 12.7 Å². The van der Waals surface area contributed by atoms with Crippen molar-refractivity contribution < 1.29 is 4.39 Å². The van der Waals surface area contributed by atoms with E-state index in [1.54, 1.807) is 24.3 Å². The highest BCUT2D eigenvalue weighted by atomic mass is 32.1. The summed E-state index contributed by atoms with van der Waals surface area (Å²) in [5.41, 5.74) is 1.65. The van der Waals surface area contributed by atoms with Crippen molar-refractivity contribution >= 4 is 11.3 Å². The summed E-state index contributed by atoms with van der Waals surface area (Å²) in [6, 6.07) is 9.57. The number of hydrogen-bond acceptors (Lipinski definition) is 2. The van der Waals surface area contributed by atoms with Crippen LogP contribution in [0.25, 0.3) is 10.4 Å². The molecule has 1 heterocycles. The fourth-order valence-electron chi connectivity index (χ4n) is 1.62. The molecule has 0 saturated carbocycles. The molecular weight excluding hydrogens is 233 g/mol. The molecule has 0 unspecified atom stereocenters. The Bertz CT molecular complexity index is 505. The SMILES string of the molecule is CCNCc1ccc(-c2ccc(C)c(F)c2)s1. The molecule has 0 spiro atoms. The second-order valence-corrected chi connectivity index (χ2v) is 5.18. The molecule has 1 aromatic carbocycles. The summed E-state index contributed by atoms with van der Waals surface area (Å²) in [4.78, 5) is 2.40. The Morgan fingerprint density at radius 2 is 2.06 bits per heavy atom. The number of thiophene rings is 1. The number of nitrogens with one attached hydrogen (secondary N) is 1. The van der Waals surface area contributed by atoms with Crippen LogP contribution in [0.2, 0.25) is 0 Å². The van der Waals surface area contributed by atoms with E-state index in [-0.39, 0.29) is 5.82 Å². The Labute approximate surface area is 105 Å². The highest BCUT2D eigenvalue weighted by Gasteiger charge is 2.05. The zero-order valence-corrected chi connectivity index (χ0v) is 10.9. The van der Waals surface area contributed by atoms with E-state index in [4.69, 9.17) is 0 Å². The average Bonchev–Trinajstić information content (AvgIpc) is 2.79. The first-order valence-corrected chi connectivity index (χ1v) is 6.58. The lowest BCUT2D eigenvalue weighted by atomic mass is 10.1. The molecule has 0 aliphatic heterocycles. The molecule has 0 saturated heterocycles. The van der Waals surface area contributed by atoms with Gasteiger partial charge < -0.3 is 5.32 Å². The van der Waals surface area contributed by atoms with Crippen molar-refractivity contribution in [1.29, 1.82) is 0 Å². The molecule has 2 aromatic rings. The standard InChI is InChI=1S/C14H16FNS/c1-3-16-9-12-6-7-14(17-12)11-5-4-10(2)13(15)8-11/h4-8,16H,3,9H2,1-2H3. The fourth-order valence-corrected chi connectivity index (χ4v) is 2.60. The molecule has 0 radical (unpaired) electrons. The molecule has 3 heteroatoms. The highest BCUT2D eigenvalue weighted by Crippen LogP contribution is 2.29. The van der Waals surface area contributed by atoms with Crippen LogP contribution in [0.5, 0.6) is 0 Å². The van der Waals surface area contributed by atoms with Gasteiger partial charge in [0.2, 0.25) is 0 Å². The minimum atomic E-state index is -0.135. The molecule has 17 heavy (non-hydrogen) atoms. The van der Waals surface area contributed by atoms with Gasteiger partial charge in [0, 0.05) is 16.3 Å². The lowest BCUT2D eigenvalue weighted by Crippen LogP contribution is -2.10. The molecular formula is C14H16FNS. The second kappa shape index (κ2) is 5.43. The largest absolute Gasteiger partial charge is 0.312 e. The van der Waals surface area contributed by atoms with E-state index in [9.17, 15) is 4.39 Å². The van der Waals surface area contributed by atoms with Gasteiger partial charge in [0.25, 0.3) is 0 Å². The van der Waals surface area contributed by atoms with Crippen molar-refractivity contribution in [3.63, 3.8) is 0 Å². The van der Waals surface area contributed by atoms with Gasteiger partial charge in [0.05, 0.1) is 0 Å². The van der Waals surface area contributed by atoms with Crippen LogP contribution < -0.4 is 5.32 Å². The number of rotatable bonds is 4. The van der Waals surface area contributed by atoms with E-state index in [1.165, 1.54) is 4.88 Å². The Balaban J connectivity index is 2.21. The summed E-state index contributed by atoms with van der Waals surface area (Å²) in [5, 5.41) is 3.29. The Kier molecular flexibility index (Phi) is 3.92. The van der Waals surface area contributed by atoms with E-state index in [1.807, 2.05) is 12.1 Å². The van der Waals surface area contributed by atoms with Crippen molar-refractivity contribution in [2.75, 3.05) is 6.54 Å². The lowest BCUT2D eigenvalue weighted by molar-refractivity contribution is 0.619. The molecule has 1 nitrogen and oxygen atoms in total. The van der Waals surface area contributed by atoms with Gasteiger partial charge in [-0.2, -0.15) is 0 Å². The third-order valence-corrected chi connectivity index (χ3v) is 3.80. The zero-order chi connectivity index (χ0) is 12.3. The quantitative estimate of drug-likeness (QED) is 0.864. The summed E-state index contributed by atoms with van der Waals surface area (Å²) < 4.78 is 13.5. The van der Waals surface area contributed by atoms with Crippen LogP contribution in [0.3, 0.4) is 0 Å². The van der Waals surface area contributed by atoms with E-state index >= 15 is 0 Å². The van der Waals surface area contributed by atoms with Crippen molar-refractivity contribution in [3.8, 4) is 10.4 Å². The van der Waals surface area contributed by atoms with E-state index in [2.05, 4.69) is 24.4 Å². The number of aryl methyl sites for hydroxylation is 1. The van der Waals surface area contributed by atoms with Crippen LogP contribution in [0.15, 0.2) is 30.3 Å². The summed E-state index contributed by atoms with van der Waals surface area (Å²) in [6.07, 6.45) is 0. The minimum Gasteiger partial charge on any atom is -0.312 e. The van der Waals surface area contributed by atoms with Crippen molar-refractivity contribution in [2.45, 2.75) is 20.4 Å². The maximum Gasteiger partial charge on any atom is 0.126 e. The highest BCUT2D eigenvalue weighted by molar-refractivity contribution is 7.15. The first-order chi connectivity index (χ1) is 8.20. The Morgan fingerprint density at radius 1 is 1.24 bits per heavy atom. The molecule has 0 fully saturated rings. The van der Waals surface area contributed by atoms with Gasteiger partial charge in [-0.05, 0) is 42.8 Å². The van der Waals surface area contributed by atoms with Crippen molar-refractivity contribution in [2.24, 2.45) is 0 Å². The smallest absolute Gasteiger partial charge is 0.126 e. The number of hydrogen-bond donors (Lipinski definition) is 1. The van der Waals surface area contributed by atoms with Gasteiger partial charge in [0.1, 0.15) is 5.82 Å². The van der Waals surface area contributed by atoms with Crippen LogP contribution in [-0.2, 0) is 6.54 Å². The Morgan fingerprint density at radius 3 is 2.76 bits per heavy atom. The maximum atomic E-state index is 13.5.